The van der Waals surface area contributed by atoms with Crippen molar-refractivity contribution >= 4 is 12.1 Å². The van der Waals surface area contributed by atoms with Crippen LogP contribution in [0.3, 0.4) is 0 Å². The van der Waals surface area contributed by atoms with Gasteiger partial charge in [0.25, 0.3) is 0 Å². The maximum atomic E-state index is 12.8. The van der Waals surface area contributed by atoms with Gasteiger partial charge in [-0.25, -0.2) is 4.74 Å². The maximum Gasteiger partial charge on any atom is 0.312 e. The molecule has 4 saturated carbocycles. The third-order valence-electron chi connectivity index (χ3n) is 6.38. The number of hydrogen-bond acceptors (Lipinski definition) is 4. The van der Waals surface area contributed by atoms with Crippen molar-refractivity contribution in [1.29, 1.82) is 5.26 Å². The van der Waals surface area contributed by atoms with Crippen LogP contribution in [0.25, 0.3) is 0 Å². The van der Waals surface area contributed by atoms with E-state index in [2.05, 4.69) is 6.07 Å². The molecule has 1 amide bonds. The molecule has 23 heavy (non-hydrogen) atoms. The number of hydroxylamine groups is 1. The zero-order valence-corrected chi connectivity index (χ0v) is 13.3. The Labute approximate surface area is 136 Å². The van der Waals surface area contributed by atoms with Crippen LogP contribution >= 0.6 is 0 Å². The molecule has 6 heteroatoms. The van der Waals surface area contributed by atoms with Crippen LogP contribution in [0.4, 0.5) is 0 Å². The first kappa shape index (κ1) is 14.9. The number of hydrogen-bond donors (Lipinski definition) is 1. The Morgan fingerprint density at radius 2 is 2.04 bits per heavy atom. The third kappa shape index (κ3) is 2.33. The lowest BCUT2D eigenvalue weighted by atomic mass is 9.51. The quantitative estimate of drug-likeness (QED) is 0.358. The topological polar surface area (TPSA) is 90.4 Å². The van der Waals surface area contributed by atoms with E-state index < -0.39 is 17.2 Å². The fourth-order valence-corrected chi connectivity index (χ4v) is 5.90. The summed E-state index contributed by atoms with van der Waals surface area (Å²) in [5, 5.41) is 32.6. The van der Waals surface area contributed by atoms with Crippen LogP contribution in [-0.2, 0) is 4.79 Å². The number of nitriles is 1. The highest BCUT2D eigenvalue weighted by Crippen LogP contribution is 2.58. The molecule has 3 atom stereocenters. The maximum absolute atomic E-state index is 12.8. The van der Waals surface area contributed by atoms with Crippen molar-refractivity contribution in [3.05, 3.63) is 5.21 Å². The van der Waals surface area contributed by atoms with Crippen LogP contribution in [0.2, 0.25) is 0 Å². The minimum atomic E-state index is -0.716. The minimum Gasteiger partial charge on any atom is -0.623 e. The van der Waals surface area contributed by atoms with E-state index in [1.165, 1.54) is 4.90 Å². The van der Waals surface area contributed by atoms with Crippen molar-refractivity contribution in [2.24, 2.45) is 11.8 Å². The van der Waals surface area contributed by atoms with Gasteiger partial charge in [0.2, 0.25) is 6.21 Å². The molecule has 0 aromatic carbocycles. The van der Waals surface area contributed by atoms with E-state index in [-0.39, 0.29) is 5.91 Å². The van der Waals surface area contributed by atoms with Crippen molar-refractivity contribution in [2.45, 2.75) is 68.5 Å². The molecule has 0 spiro atoms. The molecule has 2 unspecified atom stereocenters. The highest BCUT2D eigenvalue weighted by atomic mass is 16.5. The first-order valence-corrected chi connectivity index (χ1v) is 8.67. The molecule has 4 bridgehead atoms. The molecule has 0 radical (unpaired) electrons. The summed E-state index contributed by atoms with van der Waals surface area (Å²) in [5.41, 5.74) is -1.33. The normalized spacial score (nSPS) is 45.3. The summed E-state index contributed by atoms with van der Waals surface area (Å²) in [7, 11) is 0. The van der Waals surface area contributed by atoms with Gasteiger partial charge in [-0.05, 0) is 43.9 Å². The Hall–Kier alpha value is -1.61. The molecular formula is C17H23N3O3. The number of carbonyl (C=O) groups excluding carboxylic acids is 1. The Morgan fingerprint density at radius 1 is 1.35 bits per heavy atom. The van der Waals surface area contributed by atoms with Crippen LogP contribution in [0.1, 0.15) is 51.4 Å². The molecule has 5 fully saturated rings. The van der Waals surface area contributed by atoms with Gasteiger partial charge < -0.3 is 15.2 Å². The highest BCUT2D eigenvalue weighted by molar-refractivity contribution is 6.24. The fourth-order valence-electron chi connectivity index (χ4n) is 5.90. The molecule has 1 aliphatic heterocycles. The van der Waals surface area contributed by atoms with E-state index >= 15 is 0 Å². The van der Waals surface area contributed by atoms with Crippen LogP contribution < -0.4 is 0 Å². The van der Waals surface area contributed by atoms with Crippen LogP contribution in [-0.4, -0.2) is 50.6 Å². The summed E-state index contributed by atoms with van der Waals surface area (Å²) in [6.45, 7) is 0.545. The van der Waals surface area contributed by atoms with Gasteiger partial charge in [-0.1, -0.05) is 0 Å². The van der Waals surface area contributed by atoms with Crippen molar-refractivity contribution in [3.8, 4) is 6.07 Å². The van der Waals surface area contributed by atoms with Crippen LogP contribution in [0.5, 0.6) is 0 Å². The van der Waals surface area contributed by atoms with E-state index in [1.807, 2.05) is 0 Å². The van der Waals surface area contributed by atoms with E-state index in [0.717, 1.165) is 49.5 Å². The zero-order chi connectivity index (χ0) is 16.2. The second-order valence-electron chi connectivity index (χ2n) is 8.18. The lowest BCUT2D eigenvalue weighted by molar-refractivity contribution is -0.570. The lowest BCUT2D eigenvalue weighted by Crippen LogP contribution is -2.62. The number of rotatable bonds is 2. The summed E-state index contributed by atoms with van der Waals surface area (Å²) in [4.78, 5) is 13.9. The van der Waals surface area contributed by atoms with Crippen molar-refractivity contribution in [1.82, 2.24) is 4.90 Å². The summed E-state index contributed by atoms with van der Waals surface area (Å²) in [6.07, 6.45) is 7.38. The van der Waals surface area contributed by atoms with Crippen molar-refractivity contribution < 1.29 is 14.6 Å². The van der Waals surface area contributed by atoms with Gasteiger partial charge in [0.15, 0.2) is 5.54 Å². The predicted octanol–water partition coefficient (Wildman–Crippen LogP) is 1.17. The number of likely N-dealkylation sites (tertiary alicyclic amines) is 1. The SMILES string of the molecule is N#C[C@@H]1CCCN1C(=O)/C=[N+](\[O-])C12CC3CC(CC(O)(C3)C1)C2. The molecule has 5 rings (SSSR count). The standard InChI is InChI=1S/C17H23N3O3/c18-9-14-2-1-3-19(14)15(21)10-20(23)16-5-12-4-13(6-16)8-17(22,7-12)11-16/h10,12-14,22H,1-8,11H2/b20-10-/t12?,13?,14-,16?,17?/m0/s1. The van der Waals surface area contributed by atoms with E-state index in [9.17, 15) is 15.1 Å². The Morgan fingerprint density at radius 3 is 2.65 bits per heavy atom. The third-order valence-corrected chi connectivity index (χ3v) is 6.38. The number of nitrogens with zero attached hydrogens (tertiary/aromatic N) is 3. The van der Waals surface area contributed by atoms with Crippen molar-refractivity contribution in [2.75, 3.05) is 6.54 Å². The summed E-state index contributed by atoms with van der Waals surface area (Å²) in [5.74, 6) is 0.450. The molecule has 124 valence electrons. The van der Waals surface area contributed by atoms with Gasteiger partial charge >= 0.3 is 5.91 Å². The molecule has 4 aliphatic carbocycles. The van der Waals surface area contributed by atoms with Gasteiger partial charge in [-0.2, -0.15) is 5.26 Å². The molecule has 1 saturated heterocycles. The van der Waals surface area contributed by atoms with E-state index in [0.29, 0.717) is 31.2 Å². The van der Waals surface area contributed by atoms with E-state index in [4.69, 9.17) is 5.26 Å². The average molecular weight is 317 g/mol. The fraction of sp³-hybridized carbons (Fsp3) is 0.824. The molecular weight excluding hydrogens is 294 g/mol. The van der Waals surface area contributed by atoms with Gasteiger partial charge in [-0.15, -0.1) is 0 Å². The van der Waals surface area contributed by atoms with Crippen LogP contribution in [0.15, 0.2) is 0 Å². The predicted molar refractivity (Wildman–Crippen MR) is 82.4 cm³/mol. The zero-order valence-electron chi connectivity index (χ0n) is 13.3. The summed E-state index contributed by atoms with van der Waals surface area (Å²) in [6, 6.07) is 1.72. The second-order valence-corrected chi connectivity index (χ2v) is 8.18. The number of aliphatic hydroxyl groups is 1. The van der Waals surface area contributed by atoms with Crippen molar-refractivity contribution in [3.63, 3.8) is 0 Å². The largest absolute Gasteiger partial charge is 0.623 e. The molecule has 0 aromatic heterocycles. The summed E-state index contributed by atoms with van der Waals surface area (Å²) >= 11 is 0. The molecule has 1 heterocycles. The van der Waals surface area contributed by atoms with Crippen LogP contribution in [0, 0.1) is 28.4 Å². The van der Waals surface area contributed by atoms with Gasteiger partial charge in [0, 0.05) is 25.8 Å². The monoisotopic (exact) mass is 317 g/mol. The van der Waals surface area contributed by atoms with Gasteiger partial charge in [-0.3, -0.25) is 4.79 Å². The Balaban J connectivity index is 1.58. The molecule has 6 nitrogen and oxygen atoms in total. The second kappa shape index (κ2) is 4.94. The van der Waals surface area contributed by atoms with Gasteiger partial charge in [0.05, 0.1) is 11.7 Å². The number of carbonyl (C=O) groups is 1. The minimum absolute atomic E-state index is 0.355. The Bertz CT molecular complexity index is 595. The number of amides is 1. The smallest absolute Gasteiger partial charge is 0.312 e. The lowest BCUT2D eigenvalue weighted by Gasteiger charge is -2.57. The van der Waals surface area contributed by atoms with Gasteiger partial charge in [0.1, 0.15) is 6.04 Å². The average Bonchev–Trinajstić information content (AvgIpc) is 2.93. The summed E-state index contributed by atoms with van der Waals surface area (Å²) < 4.78 is 0.838. The Kier molecular flexibility index (Phi) is 3.21. The molecule has 0 aromatic rings. The molecule has 1 N–H and O–H groups in total. The first-order valence-electron chi connectivity index (χ1n) is 8.67. The van der Waals surface area contributed by atoms with E-state index in [1.54, 1.807) is 0 Å². The first-order chi connectivity index (χ1) is 10.9. The molecule has 5 aliphatic rings. The highest BCUT2D eigenvalue weighted by Gasteiger charge is 2.61.